The molecule has 0 saturated carbocycles. The Morgan fingerprint density at radius 3 is 1.04 bits per heavy atom. The molecule has 0 rings (SSSR count). The average Bonchev–Trinajstić information content (AvgIpc) is 3.35. The van der Waals surface area contributed by atoms with Crippen LogP contribution in [0.5, 0.6) is 0 Å². The summed E-state index contributed by atoms with van der Waals surface area (Å²) in [5.74, 6) is -0.304. The molecule has 8 nitrogen and oxygen atoms in total. The lowest BCUT2D eigenvalue weighted by atomic mass is 10.0. The van der Waals surface area contributed by atoms with Gasteiger partial charge >= 0.3 is 13.8 Å². The number of phosphoric acid groups is 1. The summed E-state index contributed by atoms with van der Waals surface area (Å²) < 4.78 is 35.4. The number of carbonyl (C=O) groups excluding carboxylic acids is 1. The normalized spacial score (nSPS) is 13.3. The Kier molecular flexibility index (Phi) is 56.8. The quantitative estimate of drug-likeness (QED) is 0.0213. The maximum absolute atomic E-state index is 12.8. The lowest BCUT2D eigenvalue weighted by molar-refractivity contribution is -0.870. The minimum Gasteiger partial charge on any atom is -0.457 e. The predicted molar refractivity (Wildman–Crippen MR) is 317 cm³/mol. The van der Waals surface area contributed by atoms with Gasteiger partial charge in [-0.15, -0.1) is 0 Å². The van der Waals surface area contributed by atoms with Crippen molar-refractivity contribution >= 4 is 13.8 Å². The van der Waals surface area contributed by atoms with Gasteiger partial charge < -0.3 is 18.9 Å². The largest absolute Gasteiger partial charge is 0.472 e. The second kappa shape index (κ2) is 57.4. The summed E-state index contributed by atoms with van der Waals surface area (Å²) in [6, 6.07) is 0. The van der Waals surface area contributed by atoms with Crippen LogP contribution in [0.2, 0.25) is 0 Å². The molecule has 9 heteroatoms. The number of ether oxygens (including phenoxy) is 2. The Morgan fingerprint density at radius 1 is 0.411 bits per heavy atom. The van der Waals surface area contributed by atoms with Crippen molar-refractivity contribution in [2.75, 3.05) is 54.1 Å². The molecule has 0 saturated heterocycles. The first kappa shape index (κ1) is 72.2. The van der Waals surface area contributed by atoms with Crippen molar-refractivity contribution in [1.29, 1.82) is 0 Å². The second-order valence-electron chi connectivity index (χ2n) is 23.5. The van der Waals surface area contributed by atoms with Crippen molar-refractivity contribution in [3.05, 3.63) is 12.2 Å². The molecule has 0 aliphatic rings. The summed E-state index contributed by atoms with van der Waals surface area (Å²) in [7, 11) is 1.69. The van der Waals surface area contributed by atoms with Crippen molar-refractivity contribution in [3.63, 3.8) is 0 Å². The maximum Gasteiger partial charge on any atom is 0.472 e. The van der Waals surface area contributed by atoms with Gasteiger partial charge in [-0.2, -0.15) is 0 Å². The van der Waals surface area contributed by atoms with Gasteiger partial charge in [0.2, 0.25) is 0 Å². The highest BCUT2D eigenvalue weighted by atomic mass is 31.2. The van der Waals surface area contributed by atoms with E-state index in [2.05, 4.69) is 26.0 Å². The third-order valence-corrected chi connectivity index (χ3v) is 15.8. The van der Waals surface area contributed by atoms with Crippen LogP contribution >= 0.6 is 7.82 Å². The highest BCUT2D eigenvalue weighted by Crippen LogP contribution is 2.43. The molecule has 0 fully saturated rings. The SMILES string of the molecule is CCCCCCCCCC/C=C\CCCCCCCCCCCCCCCC(=O)OC(COCCCCCCCCCCCCCCCCCCCCCCCCCCCC)COP(=O)(O)OCC[N+](C)(C)C. The van der Waals surface area contributed by atoms with Crippen LogP contribution in [0.3, 0.4) is 0 Å². The number of likely N-dealkylation sites (N-methyl/N-ethyl adjacent to an activating group) is 1. The fraction of sp³-hybridized carbons (Fsp3) is 0.953. The molecule has 0 bridgehead atoms. The molecule has 0 amide bonds. The van der Waals surface area contributed by atoms with Gasteiger partial charge in [-0.05, 0) is 38.5 Å². The average molecular weight is 1060 g/mol. The van der Waals surface area contributed by atoms with Crippen LogP contribution in [-0.4, -0.2) is 75.6 Å². The third kappa shape index (κ3) is 62.0. The van der Waals surface area contributed by atoms with Crippen molar-refractivity contribution in [2.45, 2.75) is 341 Å². The molecule has 2 unspecified atom stereocenters. The number of hydrogen-bond acceptors (Lipinski definition) is 6. The highest BCUT2D eigenvalue weighted by molar-refractivity contribution is 7.47. The Bertz CT molecular complexity index is 1180. The van der Waals surface area contributed by atoms with Crippen molar-refractivity contribution in [3.8, 4) is 0 Å². The number of unbranched alkanes of at least 4 members (excludes halogenated alkanes) is 46. The van der Waals surface area contributed by atoms with Crippen molar-refractivity contribution in [1.82, 2.24) is 0 Å². The summed E-state index contributed by atoms with van der Waals surface area (Å²) >= 11 is 0. The molecular weight excluding hydrogens is 926 g/mol. The molecule has 0 heterocycles. The number of nitrogens with zero attached hydrogens (tertiary/aromatic N) is 1. The monoisotopic (exact) mass is 1050 g/mol. The Hall–Kier alpha value is -0.760. The first-order chi connectivity index (χ1) is 35.6. The predicted octanol–water partition coefficient (Wildman–Crippen LogP) is 20.9. The van der Waals surface area contributed by atoms with Gasteiger partial charge in [0, 0.05) is 13.0 Å². The molecular formula is C64H129NO7P+. The zero-order valence-electron chi connectivity index (χ0n) is 49.9. The van der Waals surface area contributed by atoms with Gasteiger partial charge in [0.1, 0.15) is 19.3 Å². The van der Waals surface area contributed by atoms with Gasteiger partial charge in [-0.3, -0.25) is 13.8 Å². The summed E-state index contributed by atoms with van der Waals surface area (Å²) in [6.45, 7) is 5.72. The molecule has 73 heavy (non-hydrogen) atoms. The van der Waals surface area contributed by atoms with Gasteiger partial charge in [0.05, 0.1) is 34.4 Å². The Morgan fingerprint density at radius 2 is 0.712 bits per heavy atom. The van der Waals surface area contributed by atoms with Crippen LogP contribution in [0.4, 0.5) is 0 Å². The van der Waals surface area contributed by atoms with Crippen LogP contribution in [-0.2, 0) is 27.9 Å². The minimum absolute atomic E-state index is 0.0930. The van der Waals surface area contributed by atoms with Gasteiger partial charge in [0.15, 0.2) is 0 Å². The standard InChI is InChI=1S/C64H128NO7P/c1-6-8-10-12-14-16-18-20-22-24-26-28-30-32-34-36-38-40-42-44-46-48-50-52-54-56-59-69-61-63(62-71-73(67,68)70-60-58-65(3,4)5)72-64(66)57-55-53-51-49-47-45-43-41-39-37-35-33-31-29-27-25-23-21-19-17-15-13-11-9-7-2/h25,27,63H,6-24,26,28-62H2,1-5H3/p+1/b27-25-. The van der Waals surface area contributed by atoms with Crippen LogP contribution in [0.25, 0.3) is 0 Å². The number of allylic oxidation sites excluding steroid dienone is 2. The van der Waals surface area contributed by atoms with E-state index in [1.807, 2.05) is 21.1 Å². The van der Waals surface area contributed by atoms with E-state index in [9.17, 15) is 14.3 Å². The zero-order valence-corrected chi connectivity index (χ0v) is 50.8. The van der Waals surface area contributed by atoms with Crippen LogP contribution in [0.1, 0.15) is 335 Å². The molecule has 0 aliphatic heterocycles. The van der Waals surface area contributed by atoms with Crippen LogP contribution in [0, 0.1) is 0 Å². The Balaban J connectivity index is 3.95. The molecule has 0 aromatic rings. The third-order valence-electron chi connectivity index (χ3n) is 14.8. The lowest BCUT2D eigenvalue weighted by Crippen LogP contribution is -2.37. The zero-order chi connectivity index (χ0) is 53.3. The van der Waals surface area contributed by atoms with E-state index in [-0.39, 0.29) is 25.8 Å². The molecule has 1 N–H and O–H groups in total. The minimum atomic E-state index is -4.28. The second-order valence-corrected chi connectivity index (χ2v) is 25.0. The first-order valence-electron chi connectivity index (χ1n) is 32.4. The van der Waals surface area contributed by atoms with E-state index < -0.39 is 13.9 Å². The number of quaternary nitrogens is 1. The number of hydrogen-bond donors (Lipinski definition) is 1. The highest BCUT2D eigenvalue weighted by Gasteiger charge is 2.26. The van der Waals surface area contributed by atoms with Gasteiger partial charge in [-0.1, -0.05) is 302 Å². The molecule has 436 valence electrons. The van der Waals surface area contributed by atoms with Crippen LogP contribution in [0.15, 0.2) is 12.2 Å². The summed E-state index contributed by atoms with van der Waals surface area (Å²) in [5, 5.41) is 0. The van der Waals surface area contributed by atoms with Crippen molar-refractivity contribution < 1.29 is 37.3 Å². The topological polar surface area (TPSA) is 91.3 Å². The molecule has 0 aliphatic carbocycles. The van der Waals surface area contributed by atoms with E-state index in [1.54, 1.807) is 0 Å². The lowest BCUT2D eigenvalue weighted by Gasteiger charge is -2.24. The van der Waals surface area contributed by atoms with Crippen molar-refractivity contribution in [2.24, 2.45) is 0 Å². The van der Waals surface area contributed by atoms with Crippen LogP contribution < -0.4 is 0 Å². The molecule has 0 spiro atoms. The number of phosphoric ester groups is 1. The maximum atomic E-state index is 12.8. The smallest absolute Gasteiger partial charge is 0.457 e. The number of carbonyl (C=O) groups is 1. The fourth-order valence-corrected chi connectivity index (χ4v) is 10.6. The molecule has 0 aromatic heterocycles. The first-order valence-corrected chi connectivity index (χ1v) is 33.9. The molecule has 2 atom stereocenters. The van der Waals surface area contributed by atoms with Gasteiger partial charge in [-0.25, -0.2) is 4.57 Å². The molecule has 0 radical (unpaired) electrons. The van der Waals surface area contributed by atoms with Gasteiger partial charge in [0.25, 0.3) is 0 Å². The number of esters is 1. The number of rotatable bonds is 62. The summed E-state index contributed by atoms with van der Waals surface area (Å²) in [6.07, 6.45) is 70.2. The fourth-order valence-electron chi connectivity index (χ4n) is 9.85. The Labute approximate surface area is 456 Å². The van der Waals surface area contributed by atoms with E-state index in [0.717, 1.165) is 32.1 Å². The van der Waals surface area contributed by atoms with E-state index in [0.29, 0.717) is 24.1 Å². The van der Waals surface area contributed by atoms with E-state index >= 15 is 0 Å². The summed E-state index contributed by atoms with van der Waals surface area (Å²) in [4.78, 5) is 23.1. The molecule has 0 aromatic carbocycles. The summed E-state index contributed by atoms with van der Waals surface area (Å²) in [5.41, 5.74) is 0. The van der Waals surface area contributed by atoms with E-state index in [4.69, 9.17) is 18.5 Å². The van der Waals surface area contributed by atoms with E-state index in [1.165, 1.54) is 283 Å².